The smallest absolute Gasteiger partial charge is 0.344 e. The maximum Gasteiger partial charge on any atom is 0.344 e. The summed E-state index contributed by atoms with van der Waals surface area (Å²) in [5.41, 5.74) is 1.32. The van der Waals surface area contributed by atoms with Gasteiger partial charge in [-0.3, -0.25) is 0 Å². The number of hydrogen-bond donors (Lipinski definition) is 0. The van der Waals surface area contributed by atoms with Gasteiger partial charge in [0.25, 0.3) is 0 Å². The highest BCUT2D eigenvalue weighted by Gasteiger charge is 2.26. The summed E-state index contributed by atoms with van der Waals surface area (Å²) in [5.74, 6) is 0.796. The highest BCUT2D eigenvalue weighted by Crippen LogP contribution is 2.30. The van der Waals surface area contributed by atoms with Crippen molar-refractivity contribution in [2.24, 2.45) is 0 Å². The SMILES string of the molecule is O=C1OC(=COc2ccc3ccccc3c2)c2ccccc21. The van der Waals surface area contributed by atoms with Crippen molar-refractivity contribution in [1.82, 2.24) is 0 Å². The van der Waals surface area contributed by atoms with Crippen LogP contribution in [0.15, 0.2) is 73.0 Å². The van der Waals surface area contributed by atoms with E-state index in [1.54, 1.807) is 6.07 Å². The highest BCUT2D eigenvalue weighted by atomic mass is 16.6. The van der Waals surface area contributed by atoms with Gasteiger partial charge in [0.15, 0.2) is 5.76 Å². The average Bonchev–Trinajstić information content (AvgIpc) is 2.89. The zero-order valence-corrected chi connectivity index (χ0v) is 11.7. The first kappa shape index (κ1) is 12.7. The molecule has 0 saturated carbocycles. The summed E-state index contributed by atoms with van der Waals surface area (Å²) in [6.07, 6.45) is 1.48. The Morgan fingerprint density at radius 1 is 0.818 bits per heavy atom. The molecule has 1 aliphatic rings. The molecule has 106 valence electrons. The van der Waals surface area contributed by atoms with Crippen LogP contribution in [0.5, 0.6) is 5.75 Å². The third-order valence-electron chi connectivity index (χ3n) is 3.64. The molecule has 0 saturated heterocycles. The molecule has 0 aliphatic carbocycles. The summed E-state index contributed by atoms with van der Waals surface area (Å²) in [6.45, 7) is 0. The van der Waals surface area contributed by atoms with Gasteiger partial charge in [-0.15, -0.1) is 0 Å². The number of cyclic esters (lactones) is 1. The van der Waals surface area contributed by atoms with Crippen molar-refractivity contribution >= 4 is 22.5 Å². The van der Waals surface area contributed by atoms with Crippen LogP contribution in [-0.2, 0) is 4.74 Å². The summed E-state index contributed by atoms with van der Waals surface area (Å²) in [4.78, 5) is 11.7. The van der Waals surface area contributed by atoms with E-state index in [0.717, 1.165) is 16.3 Å². The van der Waals surface area contributed by atoms with Gasteiger partial charge in [-0.2, -0.15) is 0 Å². The molecule has 3 nitrogen and oxygen atoms in total. The van der Waals surface area contributed by atoms with Crippen LogP contribution >= 0.6 is 0 Å². The number of fused-ring (bicyclic) bond motifs is 2. The van der Waals surface area contributed by atoms with Crippen LogP contribution in [-0.4, -0.2) is 5.97 Å². The Hall–Kier alpha value is -3.07. The zero-order valence-electron chi connectivity index (χ0n) is 11.7. The number of carbonyl (C=O) groups excluding carboxylic acids is 1. The summed E-state index contributed by atoms with van der Waals surface area (Å²) >= 11 is 0. The molecule has 0 radical (unpaired) electrons. The van der Waals surface area contributed by atoms with E-state index in [9.17, 15) is 4.79 Å². The fourth-order valence-electron chi connectivity index (χ4n) is 2.54. The summed E-state index contributed by atoms with van der Waals surface area (Å²) in [5, 5.41) is 2.25. The predicted octanol–water partition coefficient (Wildman–Crippen LogP) is 4.39. The minimum atomic E-state index is -0.344. The van der Waals surface area contributed by atoms with E-state index in [0.29, 0.717) is 17.1 Å². The predicted molar refractivity (Wildman–Crippen MR) is 84.4 cm³/mol. The van der Waals surface area contributed by atoms with Gasteiger partial charge in [0.05, 0.1) is 5.56 Å². The average molecular weight is 288 g/mol. The van der Waals surface area contributed by atoms with Crippen molar-refractivity contribution in [2.75, 3.05) is 0 Å². The largest absolute Gasteiger partial charge is 0.461 e. The Labute approximate surface area is 127 Å². The second-order valence-corrected chi connectivity index (χ2v) is 5.04. The van der Waals surface area contributed by atoms with Gasteiger partial charge in [0.1, 0.15) is 12.0 Å². The van der Waals surface area contributed by atoms with E-state index in [2.05, 4.69) is 0 Å². The Balaban J connectivity index is 1.65. The van der Waals surface area contributed by atoms with Crippen LogP contribution in [0.1, 0.15) is 15.9 Å². The lowest BCUT2D eigenvalue weighted by molar-refractivity contribution is 0.0712. The van der Waals surface area contributed by atoms with Crippen molar-refractivity contribution in [3.8, 4) is 5.75 Å². The summed E-state index contributed by atoms with van der Waals surface area (Å²) in [7, 11) is 0. The molecule has 0 bridgehead atoms. The van der Waals surface area contributed by atoms with Crippen molar-refractivity contribution in [1.29, 1.82) is 0 Å². The van der Waals surface area contributed by atoms with Gasteiger partial charge in [-0.05, 0) is 29.0 Å². The standard InChI is InChI=1S/C19H12O3/c20-19-17-8-4-3-7-16(17)18(22-19)12-21-15-10-9-13-5-1-2-6-14(13)11-15/h1-12H. The van der Waals surface area contributed by atoms with Gasteiger partial charge >= 0.3 is 5.97 Å². The first-order valence-corrected chi connectivity index (χ1v) is 6.98. The van der Waals surface area contributed by atoms with E-state index in [-0.39, 0.29) is 5.97 Å². The number of hydrogen-bond acceptors (Lipinski definition) is 3. The molecule has 4 rings (SSSR count). The number of benzene rings is 3. The second-order valence-electron chi connectivity index (χ2n) is 5.04. The molecule has 0 aromatic heterocycles. The third kappa shape index (κ3) is 2.13. The molecular weight excluding hydrogens is 276 g/mol. The topological polar surface area (TPSA) is 35.5 Å². The molecule has 3 heteroatoms. The number of carbonyl (C=O) groups is 1. The van der Waals surface area contributed by atoms with E-state index >= 15 is 0 Å². The molecule has 0 spiro atoms. The first-order valence-electron chi connectivity index (χ1n) is 6.98. The minimum Gasteiger partial charge on any atom is -0.461 e. The monoisotopic (exact) mass is 288 g/mol. The molecule has 0 unspecified atom stereocenters. The molecule has 0 atom stereocenters. The normalized spacial score (nSPS) is 14.9. The number of esters is 1. The fourth-order valence-corrected chi connectivity index (χ4v) is 2.54. The Bertz CT molecular complexity index is 909. The molecule has 1 heterocycles. The van der Waals surface area contributed by atoms with Crippen LogP contribution in [0, 0.1) is 0 Å². The third-order valence-corrected chi connectivity index (χ3v) is 3.64. The Morgan fingerprint density at radius 2 is 1.55 bits per heavy atom. The van der Waals surface area contributed by atoms with Crippen molar-refractivity contribution < 1.29 is 14.3 Å². The molecule has 0 fully saturated rings. The van der Waals surface area contributed by atoms with Crippen LogP contribution in [0.2, 0.25) is 0 Å². The van der Waals surface area contributed by atoms with Crippen LogP contribution in [0.4, 0.5) is 0 Å². The van der Waals surface area contributed by atoms with Gasteiger partial charge in [-0.1, -0.05) is 48.5 Å². The van der Waals surface area contributed by atoms with Gasteiger partial charge in [0, 0.05) is 5.56 Å². The van der Waals surface area contributed by atoms with Crippen LogP contribution in [0.3, 0.4) is 0 Å². The maximum absolute atomic E-state index is 11.7. The lowest BCUT2D eigenvalue weighted by Gasteiger charge is -2.04. The van der Waals surface area contributed by atoms with E-state index < -0.39 is 0 Å². The molecule has 0 N–H and O–H groups in total. The van der Waals surface area contributed by atoms with Crippen LogP contribution in [0.25, 0.3) is 16.5 Å². The number of rotatable bonds is 2. The van der Waals surface area contributed by atoms with E-state index in [1.165, 1.54) is 6.26 Å². The molecule has 22 heavy (non-hydrogen) atoms. The minimum absolute atomic E-state index is 0.344. The molecule has 1 aliphatic heterocycles. The lowest BCUT2D eigenvalue weighted by Crippen LogP contribution is -1.92. The lowest BCUT2D eigenvalue weighted by atomic mass is 10.1. The van der Waals surface area contributed by atoms with Crippen molar-refractivity contribution in [2.45, 2.75) is 0 Å². The fraction of sp³-hybridized carbons (Fsp3) is 0. The zero-order chi connectivity index (χ0) is 14.9. The van der Waals surface area contributed by atoms with Gasteiger partial charge in [0.2, 0.25) is 0 Å². The van der Waals surface area contributed by atoms with E-state index in [4.69, 9.17) is 9.47 Å². The van der Waals surface area contributed by atoms with Gasteiger partial charge < -0.3 is 9.47 Å². The van der Waals surface area contributed by atoms with E-state index in [1.807, 2.05) is 60.7 Å². The number of ether oxygens (including phenoxy) is 2. The summed E-state index contributed by atoms with van der Waals surface area (Å²) < 4.78 is 10.9. The van der Waals surface area contributed by atoms with Crippen LogP contribution < -0.4 is 4.74 Å². The highest BCUT2D eigenvalue weighted by molar-refractivity contribution is 6.02. The molecule has 3 aromatic carbocycles. The Kier molecular flexibility index (Phi) is 2.90. The second kappa shape index (κ2) is 5.04. The Morgan fingerprint density at radius 3 is 2.41 bits per heavy atom. The first-order chi connectivity index (χ1) is 10.8. The van der Waals surface area contributed by atoms with Gasteiger partial charge in [-0.25, -0.2) is 4.79 Å². The summed E-state index contributed by atoms with van der Waals surface area (Å²) in [6, 6.07) is 21.2. The molecular formula is C19H12O3. The quantitative estimate of drug-likeness (QED) is 0.518. The van der Waals surface area contributed by atoms with Crippen molar-refractivity contribution in [3.05, 3.63) is 84.1 Å². The molecule has 0 amide bonds. The van der Waals surface area contributed by atoms with Crippen molar-refractivity contribution in [3.63, 3.8) is 0 Å². The molecule has 3 aromatic rings. The maximum atomic E-state index is 11.7.